The van der Waals surface area contributed by atoms with Crippen molar-refractivity contribution in [2.45, 2.75) is 19.0 Å². The van der Waals surface area contributed by atoms with Gasteiger partial charge in [0.2, 0.25) is 0 Å². The Morgan fingerprint density at radius 1 is 1.00 bits per heavy atom. The van der Waals surface area contributed by atoms with E-state index in [-0.39, 0.29) is 11.7 Å². The zero-order valence-corrected chi connectivity index (χ0v) is 22.0. The van der Waals surface area contributed by atoms with Crippen LogP contribution >= 0.6 is 23.1 Å². The maximum atomic E-state index is 11.9. The van der Waals surface area contributed by atoms with Gasteiger partial charge in [-0.1, -0.05) is 59.8 Å². The maximum Gasteiger partial charge on any atom is 0.316 e. The summed E-state index contributed by atoms with van der Waals surface area (Å²) in [7, 11) is 0. The third-order valence-electron chi connectivity index (χ3n) is 6.34. The summed E-state index contributed by atoms with van der Waals surface area (Å²) in [6.07, 6.45) is 1.70. The van der Waals surface area contributed by atoms with Crippen LogP contribution in [0.2, 0.25) is 0 Å². The van der Waals surface area contributed by atoms with Crippen LogP contribution in [0.25, 0.3) is 59.1 Å². The van der Waals surface area contributed by atoms with Gasteiger partial charge in [0.1, 0.15) is 26.9 Å². The van der Waals surface area contributed by atoms with Gasteiger partial charge in [-0.15, -0.1) is 31.7 Å². The minimum Gasteiger partial charge on any atom is -0.465 e. The number of benzene rings is 2. The van der Waals surface area contributed by atoms with Gasteiger partial charge in [-0.2, -0.15) is 0 Å². The first-order valence-corrected chi connectivity index (χ1v) is 13.8. The Bertz CT molecular complexity index is 2030. The molecule has 0 fully saturated rings. The van der Waals surface area contributed by atoms with E-state index in [0.29, 0.717) is 17.4 Å². The fourth-order valence-electron chi connectivity index (χ4n) is 4.61. The number of thioether (sulfide) groups is 1. The smallest absolute Gasteiger partial charge is 0.316 e. The van der Waals surface area contributed by atoms with Crippen LogP contribution < -0.4 is 0 Å². The van der Waals surface area contributed by atoms with Crippen LogP contribution in [0, 0.1) is 6.92 Å². The van der Waals surface area contributed by atoms with Gasteiger partial charge >= 0.3 is 5.97 Å². The van der Waals surface area contributed by atoms with Crippen molar-refractivity contribution < 1.29 is 9.53 Å². The number of thiophene rings is 1. The van der Waals surface area contributed by atoms with Crippen LogP contribution in [0.15, 0.2) is 60.0 Å². The summed E-state index contributed by atoms with van der Waals surface area (Å²) in [5.41, 5.74) is 6.91. The Kier molecular flexibility index (Phi) is 5.41. The largest absolute Gasteiger partial charge is 0.465 e. The highest BCUT2D eigenvalue weighted by Crippen LogP contribution is 2.43. The summed E-state index contributed by atoms with van der Waals surface area (Å²) < 4.78 is 7.72. The lowest BCUT2D eigenvalue weighted by Crippen LogP contribution is -2.07. The van der Waals surface area contributed by atoms with Crippen molar-refractivity contribution in [1.82, 2.24) is 34.8 Å². The number of carbonyl (C=O) groups excluding carboxylic acids is 1. The van der Waals surface area contributed by atoms with Crippen LogP contribution in [-0.2, 0) is 9.53 Å². The van der Waals surface area contributed by atoms with Gasteiger partial charge in [0.15, 0.2) is 10.8 Å². The first-order valence-electron chi connectivity index (χ1n) is 12.0. The monoisotopic (exact) mass is 537 g/mol. The Balaban J connectivity index is 1.52. The zero-order chi connectivity index (χ0) is 25.8. The molecule has 0 saturated carbocycles. The van der Waals surface area contributed by atoms with Gasteiger partial charge in [-0.05, 0) is 25.5 Å². The van der Waals surface area contributed by atoms with Crippen molar-refractivity contribution in [2.24, 2.45) is 0 Å². The highest BCUT2D eigenvalue weighted by molar-refractivity contribution is 7.99. The SMILES string of the molecule is CCOC(=O)CSc1nnc2c3sc4nc5c(nnc6ccccc65)c(-c5ccc(C)cc5)c4c3ncn12. The molecule has 0 aliphatic rings. The van der Waals surface area contributed by atoms with Gasteiger partial charge in [0, 0.05) is 16.3 Å². The van der Waals surface area contributed by atoms with Gasteiger partial charge in [0.05, 0.1) is 23.4 Å². The molecule has 11 heteroatoms. The standard InChI is InChI=1S/C27H19N7O2S2/c1-3-36-18(35)12-37-27-33-32-25-24-23(28-13-34(25)27)20-19(15-10-8-14(2)9-11-15)22-21(29-26(20)38-24)16-6-4-5-7-17(16)30-31-22/h4-11,13H,3,12H2,1-2H3. The minimum absolute atomic E-state index is 0.148. The van der Waals surface area contributed by atoms with E-state index in [1.54, 1.807) is 13.3 Å². The molecule has 186 valence electrons. The van der Waals surface area contributed by atoms with Crippen molar-refractivity contribution in [3.8, 4) is 11.1 Å². The summed E-state index contributed by atoms with van der Waals surface area (Å²) in [4.78, 5) is 22.6. The molecule has 0 atom stereocenters. The third kappa shape index (κ3) is 3.57. The van der Waals surface area contributed by atoms with E-state index >= 15 is 0 Å². The lowest BCUT2D eigenvalue weighted by Gasteiger charge is -2.10. The number of carbonyl (C=O) groups is 1. The van der Waals surface area contributed by atoms with Crippen molar-refractivity contribution >= 4 is 77.1 Å². The van der Waals surface area contributed by atoms with E-state index in [2.05, 4.69) is 51.6 Å². The van der Waals surface area contributed by atoms with Crippen LogP contribution in [0.1, 0.15) is 12.5 Å². The minimum atomic E-state index is -0.294. The Morgan fingerprint density at radius 2 is 1.84 bits per heavy atom. The van der Waals surface area contributed by atoms with E-state index in [9.17, 15) is 4.79 Å². The molecule has 0 unspecified atom stereocenters. The number of pyridine rings is 1. The summed E-state index contributed by atoms with van der Waals surface area (Å²) in [6.45, 7) is 4.20. The number of fused-ring (bicyclic) bond motifs is 8. The van der Waals surface area contributed by atoms with Crippen molar-refractivity contribution in [3.05, 3.63) is 60.4 Å². The highest BCUT2D eigenvalue weighted by Gasteiger charge is 2.23. The normalized spacial score (nSPS) is 11.8. The van der Waals surface area contributed by atoms with Gasteiger partial charge in [-0.25, -0.2) is 9.97 Å². The van der Waals surface area contributed by atoms with Crippen LogP contribution in [0.5, 0.6) is 0 Å². The fourth-order valence-corrected chi connectivity index (χ4v) is 6.42. The number of nitrogens with zero attached hydrogens (tertiary/aromatic N) is 7. The third-order valence-corrected chi connectivity index (χ3v) is 8.33. The molecule has 9 nitrogen and oxygen atoms in total. The molecule has 5 aromatic heterocycles. The molecule has 0 spiro atoms. The highest BCUT2D eigenvalue weighted by atomic mass is 32.2. The Morgan fingerprint density at radius 3 is 2.68 bits per heavy atom. The molecule has 0 radical (unpaired) electrons. The lowest BCUT2D eigenvalue weighted by atomic mass is 9.99. The second kappa shape index (κ2) is 8.96. The molecule has 7 rings (SSSR count). The molecule has 0 saturated heterocycles. The van der Waals surface area contributed by atoms with Gasteiger partial charge in [0.25, 0.3) is 0 Å². The van der Waals surface area contributed by atoms with Gasteiger partial charge in [-0.3, -0.25) is 9.20 Å². The second-order valence-corrected chi connectivity index (χ2v) is 10.7. The quantitative estimate of drug-likeness (QED) is 0.157. The Labute approximate surface area is 223 Å². The zero-order valence-electron chi connectivity index (χ0n) is 20.4. The number of aryl methyl sites for hydroxylation is 1. The summed E-state index contributed by atoms with van der Waals surface area (Å²) >= 11 is 2.80. The van der Waals surface area contributed by atoms with Crippen LogP contribution in [0.3, 0.4) is 0 Å². The number of aromatic nitrogens is 7. The molecule has 0 aliphatic carbocycles. The predicted octanol–water partition coefficient (Wildman–Crippen LogP) is 5.61. The lowest BCUT2D eigenvalue weighted by molar-refractivity contribution is -0.139. The fraction of sp³-hybridized carbons (Fsp3) is 0.148. The van der Waals surface area contributed by atoms with Crippen LogP contribution in [-0.4, -0.2) is 53.1 Å². The molecule has 7 aromatic rings. The van der Waals surface area contributed by atoms with Crippen molar-refractivity contribution in [2.75, 3.05) is 12.4 Å². The van der Waals surface area contributed by atoms with Crippen LogP contribution in [0.4, 0.5) is 0 Å². The molecule has 0 bridgehead atoms. The number of hydrogen-bond donors (Lipinski definition) is 0. The second-order valence-electron chi connectivity index (χ2n) is 8.74. The number of rotatable bonds is 5. The van der Waals surface area contributed by atoms with E-state index in [4.69, 9.17) is 14.7 Å². The van der Waals surface area contributed by atoms with Gasteiger partial charge < -0.3 is 4.74 Å². The van der Waals surface area contributed by atoms with E-state index in [0.717, 1.165) is 53.5 Å². The molecule has 0 amide bonds. The average molecular weight is 538 g/mol. The van der Waals surface area contributed by atoms with Crippen molar-refractivity contribution in [1.29, 1.82) is 0 Å². The van der Waals surface area contributed by atoms with Crippen molar-refractivity contribution in [3.63, 3.8) is 0 Å². The Hall–Kier alpha value is -4.22. The maximum absolute atomic E-state index is 11.9. The molecule has 0 N–H and O–H groups in total. The topological polar surface area (TPSA) is 108 Å². The molecular formula is C27H19N7O2S2. The molecule has 38 heavy (non-hydrogen) atoms. The van der Waals surface area contributed by atoms with E-state index in [1.807, 2.05) is 28.7 Å². The summed E-state index contributed by atoms with van der Waals surface area (Å²) in [5.74, 6) is -0.146. The predicted molar refractivity (Wildman–Crippen MR) is 150 cm³/mol. The summed E-state index contributed by atoms with van der Waals surface area (Å²) in [5, 5.41) is 20.4. The number of hydrogen-bond acceptors (Lipinski definition) is 10. The van der Waals surface area contributed by atoms with E-state index < -0.39 is 0 Å². The van der Waals surface area contributed by atoms with E-state index in [1.165, 1.54) is 28.7 Å². The molecular weight excluding hydrogens is 518 g/mol. The molecule has 5 heterocycles. The first kappa shape index (κ1) is 22.9. The molecule has 2 aromatic carbocycles. The number of esters is 1. The summed E-state index contributed by atoms with van der Waals surface area (Å²) in [6, 6.07) is 16.3. The average Bonchev–Trinajstić information content (AvgIpc) is 3.52. The molecule has 0 aliphatic heterocycles. The number of ether oxygens (including phenoxy) is 1. The first-order chi connectivity index (χ1) is 18.6.